The first kappa shape index (κ1) is 13.9. The van der Waals surface area contributed by atoms with Gasteiger partial charge in [0.2, 0.25) is 0 Å². The van der Waals surface area contributed by atoms with Crippen LogP contribution in [-0.4, -0.2) is 14.7 Å². The third-order valence-electron chi connectivity index (χ3n) is 3.50. The lowest BCUT2D eigenvalue weighted by Crippen LogP contribution is -2.31. The lowest BCUT2D eigenvalue weighted by Gasteiger charge is -2.01. The van der Waals surface area contributed by atoms with Crippen LogP contribution < -0.4 is 16.4 Å². The Morgan fingerprint density at radius 2 is 1.77 bits per heavy atom. The Labute approximate surface area is 127 Å². The van der Waals surface area contributed by atoms with Gasteiger partial charge < -0.3 is 10.1 Å². The van der Waals surface area contributed by atoms with Gasteiger partial charge in [-0.1, -0.05) is 55.1 Å². The van der Waals surface area contributed by atoms with E-state index in [-0.39, 0.29) is 11.3 Å². The van der Waals surface area contributed by atoms with Crippen LogP contribution >= 0.6 is 0 Å². The Hall–Kier alpha value is -3.01. The van der Waals surface area contributed by atoms with Crippen molar-refractivity contribution in [3.8, 4) is 5.75 Å². The summed E-state index contributed by atoms with van der Waals surface area (Å²) in [6, 6.07) is 16.6. The Morgan fingerprint density at radius 1 is 1.09 bits per heavy atom. The molecule has 0 atom stereocenters. The smallest absolute Gasteiger partial charge is 0.276 e. The zero-order valence-corrected chi connectivity index (χ0v) is 12.0. The molecule has 1 heterocycles. The van der Waals surface area contributed by atoms with Crippen LogP contribution in [0, 0.1) is 0 Å². The Kier molecular flexibility index (Phi) is 3.66. The number of hydrogen-bond acceptors (Lipinski definition) is 2. The second-order valence-electron chi connectivity index (χ2n) is 5.07. The SMILES string of the molecule is C=c1[nH]c(=Cc2ccccc2O)c(=O)n1Cc1ccccc1. The highest BCUT2D eigenvalue weighted by molar-refractivity contribution is 5.55. The number of phenolic OH excluding ortho intramolecular Hbond substituents is 1. The summed E-state index contributed by atoms with van der Waals surface area (Å²) >= 11 is 0. The van der Waals surface area contributed by atoms with E-state index in [1.54, 1.807) is 28.8 Å². The number of phenols is 1. The normalized spacial score (nSPS) is 11.7. The minimum Gasteiger partial charge on any atom is -0.507 e. The molecular formula is C18H16N2O2. The van der Waals surface area contributed by atoms with E-state index in [1.165, 1.54) is 0 Å². The Bertz CT molecular complexity index is 953. The van der Waals surface area contributed by atoms with Gasteiger partial charge in [0.05, 0.1) is 6.54 Å². The number of para-hydroxylation sites is 1. The third-order valence-corrected chi connectivity index (χ3v) is 3.50. The summed E-state index contributed by atoms with van der Waals surface area (Å²) in [6.45, 7) is 4.35. The number of H-pyrrole nitrogens is 1. The highest BCUT2D eigenvalue weighted by Gasteiger charge is 2.04. The number of benzene rings is 2. The first-order chi connectivity index (χ1) is 10.6. The molecule has 3 aromatic rings. The summed E-state index contributed by atoms with van der Waals surface area (Å²) < 4.78 is 1.58. The predicted octanol–water partition coefficient (Wildman–Crippen LogP) is 1.17. The zero-order chi connectivity index (χ0) is 15.5. The molecule has 22 heavy (non-hydrogen) atoms. The minimum atomic E-state index is -0.155. The van der Waals surface area contributed by atoms with Gasteiger partial charge in [0, 0.05) is 5.56 Å². The van der Waals surface area contributed by atoms with E-state index in [9.17, 15) is 9.90 Å². The quantitative estimate of drug-likeness (QED) is 0.761. The molecule has 1 aromatic heterocycles. The average molecular weight is 292 g/mol. The van der Waals surface area contributed by atoms with E-state index in [0.29, 0.717) is 22.9 Å². The van der Waals surface area contributed by atoms with Crippen molar-refractivity contribution in [1.82, 2.24) is 9.55 Å². The Balaban J connectivity index is 2.06. The summed E-state index contributed by atoms with van der Waals surface area (Å²) in [5, 5.41) is 10.2. The third kappa shape index (κ3) is 2.72. The standard InChI is InChI=1S/C18H16N2O2/c1-13-19-16(11-15-9-5-6-10-17(15)21)18(22)20(13)12-14-7-3-2-4-8-14/h2-11,19,21H,1,12H2. The van der Waals surface area contributed by atoms with Crippen LogP contribution in [0.2, 0.25) is 0 Å². The van der Waals surface area contributed by atoms with Crippen molar-refractivity contribution in [2.75, 3.05) is 0 Å². The Morgan fingerprint density at radius 3 is 2.50 bits per heavy atom. The minimum absolute atomic E-state index is 0.136. The van der Waals surface area contributed by atoms with Gasteiger partial charge >= 0.3 is 0 Å². The summed E-state index contributed by atoms with van der Waals surface area (Å²) in [5.74, 6) is 0.136. The van der Waals surface area contributed by atoms with E-state index in [2.05, 4.69) is 11.6 Å². The molecule has 0 aliphatic carbocycles. The first-order valence-corrected chi connectivity index (χ1v) is 6.96. The highest BCUT2D eigenvalue weighted by atomic mass is 16.3. The van der Waals surface area contributed by atoms with Crippen LogP contribution in [0.3, 0.4) is 0 Å². The maximum Gasteiger partial charge on any atom is 0.276 e. The van der Waals surface area contributed by atoms with Crippen molar-refractivity contribution in [1.29, 1.82) is 0 Å². The second-order valence-corrected chi connectivity index (χ2v) is 5.07. The fraction of sp³-hybridized carbons (Fsp3) is 0.0556. The van der Waals surface area contributed by atoms with Gasteiger partial charge in [-0.2, -0.15) is 0 Å². The molecule has 4 nitrogen and oxygen atoms in total. The van der Waals surface area contributed by atoms with Crippen LogP contribution in [0.15, 0.2) is 59.4 Å². The fourth-order valence-corrected chi connectivity index (χ4v) is 2.34. The number of aromatic nitrogens is 2. The van der Waals surface area contributed by atoms with Gasteiger partial charge in [-0.15, -0.1) is 0 Å². The first-order valence-electron chi connectivity index (χ1n) is 6.96. The molecule has 0 spiro atoms. The van der Waals surface area contributed by atoms with Crippen LogP contribution in [0.1, 0.15) is 11.1 Å². The molecule has 0 saturated heterocycles. The number of rotatable bonds is 3. The molecule has 0 radical (unpaired) electrons. The molecule has 2 aromatic carbocycles. The van der Waals surface area contributed by atoms with E-state index in [1.807, 2.05) is 36.4 Å². The van der Waals surface area contributed by atoms with Crippen LogP contribution in [-0.2, 0) is 6.54 Å². The van der Waals surface area contributed by atoms with E-state index >= 15 is 0 Å². The number of aromatic hydroxyl groups is 1. The van der Waals surface area contributed by atoms with Crippen LogP contribution in [0.25, 0.3) is 12.7 Å². The van der Waals surface area contributed by atoms with Crippen molar-refractivity contribution < 1.29 is 5.11 Å². The van der Waals surface area contributed by atoms with Crippen molar-refractivity contribution in [3.63, 3.8) is 0 Å². The number of imidazole rings is 1. The molecule has 3 rings (SSSR count). The van der Waals surface area contributed by atoms with Crippen molar-refractivity contribution in [2.24, 2.45) is 0 Å². The summed E-state index contributed by atoms with van der Waals surface area (Å²) in [4.78, 5) is 15.5. The van der Waals surface area contributed by atoms with E-state index in [0.717, 1.165) is 5.56 Å². The molecule has 0 saturated carbocycles. The predicted molar refractivity (Wildman–Crippen MR) is 87.0 cm³/mol. The number of nitrogens with one attached hydrogen (secondary N) is 1. The van der Waals surface area contributed by atoms with Gasteiger partial charge in [0.25, 0.3) is 5.56 Å². The molecule has 110 valence electrons. The van der Waals surface area contributed by atoms with E-state index in [4.69, 9.17) is 0 Å². The topological polar surface area (TPSA) is 58.0 Å². The number of hydrogen-bond donors (Lipinski definition) is 2. The lowest BCUT2D eigenvalue weighted by atomic mass is 10.2. The summed E-state index contributed by atoms with van der Waals surface area (Å²) in [5.41, 5.74) is 2.00. The lowest BCUT2D eigenvalue weighted by molar-refractivity contribution is 0.474. The number of nitrogens with zero attached hydrogens (tertiary/aromatic N) is 1. The molecule has 0 bridgehead atoms. The molecule has 4 heteroatoms. The van der Waals surface area contributed by atoms with Crippen molar-refractivity contribution in [3.05, 3.63) is 86.9 Å². The summed E-state index contributed by atoms with van der Waals surface area (Å²) in [7, 11) is 0. The highest BCUT2D eigenvalue weighted by Crippen LogP contribution is 2.15. The van der Waals surface area contributed by atoms with Gasteiger partial charge in [-0.05, 0) is 17.7 Å². The van der Waals surface area contributed by atoms with Gasteiger partial charge in [0.15, 0.2) is 0 Å². The zero-order valence-electron chi connectivity index (χ0n) is 12.0. The average Bonchev–Trinajstić information content (AvgIpc) is 2.78. The van der Waals surface area contributed by atoms with Crippen molar-refractivity contribution >= 4 is 12.7 Å². The van der Waals surface area contributed by atoms with Crippen LogP contribution in [0.4, 0.5) is 0 Å². The fourth-order valence-electron chi connectivity index (χ4n) is 2.34. The molecular weight excluding hydrogens is 276 g/mol. The largest absolute Gasteiger partial charge is 0.507 e. The van der Waals surface area contributed by atoms with Crippen LogP contribution in [0.5, 0.6) is 5.75 Å². The van der Waals surface area contributed by atoms with Gasteiger partial charge in [0.1, 0.15) is 16.6 Å². The summed E-state index contributed by atoms with van der Waals surface area (Å²) in [6.07, 6.45) is 1.63. The molecule has 0 aliphatic rings. The second kappa shape index (κ2) is 5.77. The molecule has 0 aliphatic heterocycles. The molecule has 0 unspecified atom stereocenters. The van der Waals surface area contributed by atoms with E-state index < -0.39 is 0 Å². The molecule has 2 N–H and O–H groups in total. The van der Waals surface area contributed by atoms with Crippen molar-refractivity contribution in [2.45, 2.75) is 6.54 Å². The molecule has 0 amide bonds. The van der Waals surface area contributed by atoms with Gasteiger partial charge in [-0.3, -0.25) is 9.36 Å². The molecule has 0 fully saturated rings. The van der Waals surface area contributed by atoms with Gasteiger partial charge in [-0.25, -0.2) is 0 Å². The maximum absolute atomic E-state index is 12.5. The number of aromatic amines is 1. The monoisotopic (exact) mass is 292 g/mol. The maximum atomic E-state index is 12.5.